The molecule has 3 atom stereocenters. The van der Waals surface area contributed by atoms with Crippen LogP contribution in [0.2, 0.25) is 0 Å². The molecule has 1 aliphatic carbocycles. The monoisotopic (exact) mass is 441 g/mol. The zero-order chi connectivity index (χ0) is 17.9. The van der Waals surface area contributed by atoms with Gasteiger partial charge in [0.05, 0.1) is 21.1 Å². The number of thiazole rings is 1. The van der Waals surface area contributed by atoms with Gasteiger partial charge in [0.25, 0.3) is 0 Å². The minimum Gasteiger partial charge on any atom is -0.342 e. The van der Waals surface area contributed by atoms with Gasteiger partial charge in [-0.2, -0.15) is 0 Å². The largest absolute Gasteiger partial charge is 0.342 e. The molecule has 2 aromatic rings. The molecule has 7 heteroatoms. The lowest BCUT2D eigenvalue weighted by Gasteiger charge is -2.37. The maximum absolute atomic E-state index is 13.4. The zero-order valence-electron chi connectivity index (χ0n) is 16.2. The lowest BCUT2D eigenvalue weighted by atomic mass is 9.81. The van der Waals surface area contributed by atoms with Crippen molar-refractivity contribution in [2.45, 2.75) is 31.6 Å². The molecule has 1 aromatic carbocycles. The van der Waals surface area contributed by atoms with E-state index in [0.717, 1.165) is 49.4 Å². The van der Waals surface area contributed by atoms with Gasteiger partial charge in [-0.3, -0.25) is 4.79 Å². The van der Waals surface area contributed by atoms with E-state index in [4.69, 9.17) is 4.98 Å². The Morgan fingerprint density at radius 3 is 2.82 bits per heavy atom. The van der Waals surface area contributed by atoms with Crippen molar-refractivity contribution in [1.29, 1.82) is 0 Å². The molecule has 1 N–H and O–H groups in total. The van der Waals surface area contributed by atoms with Gasteiger partial charge in [0.2, 0.25) is 5.91 Å². The van der Waals surface area contributed by atoms with Crippen molar-refractivity contribution in [2.75, 3.05) is 26.7 Å². The molecule has 1 aromatic heterocycles. The fourth-order valence-corrected chi connectivity index (χ4v) is 5.51. The highest BCUT2D eigenvalue weighted by Gasteiger charge is 2.36. The molecule has 1 saturated heterocycles. The molecule has 0 bridgehead atoms. The van der Waals surface area contributed by atoms with E-state index < -0.39 is 0 Å². The van der Waals surface area contributed by atoms with Gasteiger partial charge in [-0.05, 0) is 57.3 Å². The number of carbonyl (C=O) groups excluding carboxylic acids is 1. The lowest BCUT2D eigenvalue weighted by Crippen LogP contribution is -2.46. The first-order chi connectivity index (χ1) is 12.8. The number of nitrogens with one attached hydrogen (secondary N) is 1. The number of carbonyl (C=O) groups is 1. The van der Waals surface area contributed by atoms with Crippen LogP contribution in [-0.4, -0.2) is 42.5 Å². The van der Waals surface area contributed by atoms with Crippen molar-refractivity contribution in [3.63, 3.8) is 0 Å². The Hall–Kier alpha value is -1.14. The molecule has 2 aliphatic rings. The molecule has 2 heterocycles. The number of piperidine rings is 1. The number of rotatable bonds is 4. The summed E-state index contributed by atoms with van der Waals surface area (Å²) in [5, 5.41) is 4.39. The van der Waals surface area contributed by atoms with Gasteiger partial charge in [-0.25, -0.2) is 4.98 Å². The minimum atomic E-state index is 0. The van der Waals surface area contributed by atoms with Crippen LogP contribution in [0.1, 0.15) is 36.6 Å². The summed E-state index contributed by atoms with van der Waals surface area (Å²) in [4.78, 5) is 20.3. The molecule has 28 heavy (non-hydrogen) atoms. The molecular weight excluding hydrogens is 413 g/mol. The van der Waals surface area contributed by atoms with E-state index >= 15 is 0 Å². The van der Waals surface area contributed by atoms with Crippen LogP contribution < -0.4 is 5.32 Å². The number of likely N-dealkylation sites (tertiary alicyclic amines) is 1. The number of benzene rings is 1. The van der Waals surface area contributed by atoms with Gasteiger partial charge in [-0.15, -0.1) is 36.2 Å². The van der Waals surface area contributed by atoms with E-state index in [9.17, 15) is 4.79 Å². The summed E-state index contributed by atoms with van der Waals surface area (Å²) in [7, 11) is 2.00. The normalized spacial score (nSPS) is 24.5. The summed E-state index contributed by atoms with van der Waals surface area (Å²) in [6, 6.07) is 8.28. The number of amides is 1. The van der Waals surface area contributed by atoms with Crippen LogP contribution >= 0.6 is 36.2 Å². The van der Waals surface area contributed by atoms with Crippen LogP contribution in [0.4, 0.5) is 0 Å². The number of allylic oxidation sites excluding steroid dienone is 2. The Morgan fingerprint density at radius 2 is 2.04 bits per heavy atom. The van der Waals surface area contributed by atoms with Gasteiger partial charge < -0.3 is 10.2 Å². The molecule has 154 valence electrons. The average molecular weight is 442 g/mol. The summed E-state index contributed by atoms with van der Waals surface area (Å²) in [6.07, 6.45) is 8.50. The van der Waals surface area contributed by atoms with Crippen LogP contribution in [0.3, 0.4) is 0 Å². The van der Waals surface area contributed by atoms with Crippen LogP contribution in [0.5, 0.6) is 0 Å². The number of hydrogen-bond donors (Lipinski definition) is 1. The van der Waals surface area contributed by atoms with E-state index in [2.05, 4.69) is 40.6 Å². The maximum atomic E-state index is 13.4. The molecule has 4 nitrogen and oxygen atoms in total. The van der Waals surface area contributed by atoms with Crippen molar-refractivity contribution in [3.8, 4) is 0 Å². The molecule has 3 unspecified atom stereocenters. The van der Waals surface area contributed by atoms with Crippen LogP contribution in [-0.2, 0) is 4.79 Å². The first-order valence-electron chi connectivity index (χ1n) is 9.70. The highest BCUT2D eigenvalue weighted by atomic mass is 35.5. The second kappa shape index (κ2) is 10.6. The molecule has 1 amide bonds. The molecule has 0 saturated carbocycles. The third kappa shape index (κ3) is 4.88. The van der Waals surface area contributed by atoms with Crippen molar-refractivity contribution < 1.29 is 4.79 Å². The Labute approximate surface area is 183 Å². The first kappa shape index (κ1) is 23.1. The fourth-order valence-electron chi connectivity index (χ4n) is 4.36. The van der Waals surface area contributed by atoms with Crippen molar-refractivity contribution >= 4 is 52.3 Å². The predicted molar refractivity (Wildman–Crippen MR) is 122 cm³/mol. The topological polar surface area (TPSA) is 45.2 Å². The van der Waals surface area contributed by atoms with Gasteiger partial charge >= 0.3 is 0 Å². The Morgan fingerprint density at radius 1 is 1.25 bits per heavy atom. The van der Waals surface area contributed by atoms with Crippen LogP contribution in [0.15, 0.2) is 36.4 Å². The number of halogens is 2. The number of fused-ring (bicyclic) bond motifs is 1. The lowest BCUT2D eigenvalue weighted by molar-refractivity contribution is -0.138. The highest BCUT2D eigenvalue weighted by molar-refractivity contribution is 7.18. The minimum absolute atomic E-state index is 0. The zero-order valence-corrected chi connectivity index (χ0v) is 18.6. The smallest absolute Gasteiger partial charge is 0.226 e. The summed E-state index contributed by atoms with van der Waals surface area (Å²) in [5.41, 5.74) is 1.06. The van der Waals surface area contributed by atoms with Crippen molar-refractivity contribution in [1.82, 2.24) is 15.2 Å². The van der Waals surface area contributed by atoms with Crippen molar-refractivity contribution in [2.24, 2.45) is 11.8 Å². The maximum Gasteiger partial charge on any atom is 0.226 e. The Bertz CT molecular complexity index is 775. The Balaban J connectivity index is 0.00000140. The van der Waals surface area contributed by atoms with E-state index in [1.54, 1.807) is 11.3 Å². The van der Waals surface area contributed by atoms with E-state index in [1.165, 1.54) is 11.1 Å². The first-order valence-corrected chi connectivity index (χ1v) is 10.5. The molecule has 4 rings (SSSR count). The van der Waals surface area contributed by atoms with Crippen LogP contribution in [0, 0.1) is 11.8 Å². The summed E-state index contributed by atoms with van der Waals surface area (Å²) in [6.45, 7) is 2.80. The molecule has 0 radical (unpaired) electrons. The van der Waals surface area contributed by atoms with Gasteiger partial charge in [0.15, 0.2) is 0 Å². The van der Waals surface area contributed by atoms with Gasteiger partial charge in [0.1, 0.15) is 0 Å². The molecule has 0 spiro atoms. The molecular formula is C21H29Cl2N3OS. The average Bonchev–Trinajstić information content (AvgIpc) is 3.12. The number of aromatic nitrogens is 1. The third-order valence-electron chi connectivity index (χ3n) is 5.70. The number of hydrogen-bond acceptors (Lipinski definition) is 4. The second-order valence-corrected chi connectivity index (χ2v) is 8.59. The Kier molecular flexibility index (Phi) is 8.75. The van der Waals surface area contributed by atoms with Crippen LogP contribution in [0.25, 0.3) is 10.2 Å². The van der Waals surface area contributed by atoms with Gasteiger partial charge in [0, 0.05) is 19.0 Å². The SMILES string of the molecule is CNCC1CCCN(C(=O)C2CC=CCC2c2nc3ccccc3s2)C1.Cl.Cl. The fraction of sp³-hybridized carbons (Fsp3) is 0.524. The van der Waals surface area contributed by atoms with E-state index in [0.29, 0.717) is 11.8 Å². The second-order valence-electron chi connectivity index (χ2n) is 7.53. The standard InChI is InChI=1S/C21H27N3OS.2ClH/c1-22-13-15-7-6-12-24(14-15)21(25)17-9-3-2-8-16(17)20-23-18-10-4-5-11-19(18)26-20;;/h2-5,10-11,15-17,22H,6-9,12-14H2,1H3;2*1H. The van der Waals surface area contributed by atoms with Gasteiger partial charge in [-0.1, -0.05) is 24.3 Å². The third-order valence-corrected chi connectivity index (χ3v) is 6.87. The number of nitrogens with zero attached hydrogens (tertiary/aromatic N) is 2. The van der Waals surface area contributed by atoms with E-state index in [-0.39, 0.29) is 36.6 Å². The highest BCUT2D eigenvalue weighted by Crippen LogP contribution is 2.39. The molecule has 1 aliphatic heterocycles. The summed E-state index contributed by atoms with van der Waals surface area (Å²) >= 11 is 1.75. The summed E-state index contributed by atoms with van der Waals surface area (Å²) in [5.74, 6) is 1.17. The van der Waals surface area contributed by atoms with E-state index in [1.807, 2.05) is 13.1 Å². The van der Waals surface area contributed by atoms with Crippen molar-refractivity contribution in [3.05, 3.63) is 41.4 Å². The quantitative estimate of drug-likeness (QED) is 0.702. The molecule has 1 fully saturated rings. The summed E-state index contributed by atoms with van der Waals surface area (Å²) < 4.78 is 1.22. The predicted octanol–water partition coefficient (Wildman–Crippen LogP) is 4.65. The number of para-hydroxylation sites is 1.